The van der Waals surface area contributed by atoms with Crippen LogP contribution in [-0.4, -0.2) is 49.3 Å². The lowest BCUT2D eigenvalue weighted by Crippen LogP contribution is -2.31. The van der Waals surface area contributed by atoms with E-state index in [0.29, 0.717) is 18.9 Å². The molecule has 0 radical (unpaired) electrons. The van der Waals surface area contributed by atoms with Crippen LogP contribution in [-0.2, 0) is 11.3 Å². The molecule has 0 unspecified atom stereocenters. The van der Waals surface area contributed by atoms with Gasteiger partial charge in [-0.3, -0.25) is 9.69 Å². The summed E-state index contributed by atoms with van der Waals surface area (Å²) >= 11 is 3.47. The average Bonchev–Trinajstić information content (AvgIpc) is 2.87. The van der Waals surface area contributed by atoms with Crippen molar-refractivity contribution < 1.29 is 9.90 Å². The molecule has 0 aliphatic heterocycles. The first kappa shape index (κ1) is 18.5. The van der Waals surface area contributed by atoms with Gasteiger partial charge in [-0.2, -0.15) is 4.68 Å². The number of para-hydroxylation sites is 1. The van der Waals surface area contributed by atoms with E-state index in [1.54, 1.807) is 9.58 Å². The van der Waals surface area contributed by atoms with E-state index in [4.69, 9.17) is 5.11 Å². The van der Waals surface area contributed by atoms with Crippen LogP contribution in [0.15, 0.2) is 28.7 Å². The highest BCUT2D eigenvalue weighted by Crippen LogP contribution is 2.20. The van der Waals surface area contributed by atoms with E-state index < -0.39 is 5.97 Å². The Hall–Kier alpha value is -1.51. The minimum absolute atomic E-state index is 0. The maximum Gasteiger partial charge on any atom is 0.317 e. The zero-order valence-electron chi connectivity index (χ0n) is 12.0. The van der Waals surface area contributed by atoms with Crippen molar-refractivity contribution in [2.75, 3.05) is 13.1 Å². The van der Waals surface area contributed by atoms with Gasteiger partial charge in [0, 0.05) is 4.47 Å². The molecule has 2 aromatic rings. The number of halogens is 2. The summed E-state index contributed by atoms with van der Waals surface area (Å²) in [6, 6.07) is 7.60. The summed E-state index contributed by atoms with van der Waals surface area (Å²) in [5, 5.41) is 20.7. The number of benzene rings is 1. The molecule has 0 saturated heterocycles. The highest BCUT2D eigenvalue weighted by molar-refractivity contribution is 9.10. The first-order valence-corrected chi connectivity index (χ1v) is 7.37. The quantitative estimate of drug-likeness (QED) is 0.780. The molecule has 0 amide bonds. The standard InChI is InChI=1S/C13H16BrN5O2.ClH/c1-2-7-18(9-13(20)21)8-12-15-16-17-19(12)11-6-4-3-5-10(11)14;/h3-6H,2,7-9H2,1H3,(H,20,21);1H. The van der Waals surface area contributed by atoms with Crippen LogP contribution in [0.25, 0.3) is 5.69 Å². The highest BCUT2D eigenvalue weighted by Gasteiger charge is 2.16. The number of aliphatic carboxylic acids is 1. The maximum absolute atomic E-state index is 10.9. The molecule has 0 aliphatic rings. The molecule has 0 aliphatic carbocycles. The van der Waals surface area contributed by atoms with Crippen molar-refractivity contribution in [3.8, 4) is 5.69 Å². The number of hydrogen-bond acceptors (Lipinski definition) is 5. The molecule has 1 heterocycles. The Morgan fingerprint density at radius 3 is 2.77 bits per heavy atom. The Morgan fingerprint density at radius 1 is 1.41 bits per heavy atom. The van der Waals surface area contributed by atoms with Gasteiger partial charge >= 0.3 is 5.97 Å². The Balaban J connectivity index is 0.00000242. The summed E-state index contributed by atoms with van der Waals surface area (Å²) in [5.41, 5.74) is 0.823. The molecule has 1 N–H and O–H groups in total. The first-order valence-electron chi connectivity index (χ1n) is 6.58. The van der Waals surface area contributed by atoms with Crippen molar-refractivity contribution in [3.63, 3.8) is 0 Å². The smallest absolute Gasteiger partial charge is 0.317 e. The maximum atomic E-state index is 10.9. The number of carbonyl (C=O) groups is 1. The third-order valence-electron chi connectivity index (χ3n) is 2.88. The molecular weight excluding hydrogens is 374 g/mol. The predicted molar refractivity (Wildman–Crippen MR) is 87.3 cm³/mol. The molecule has 120 valence electrons. The Bertz CT molecular complexity index is 622. The Labute approximate surface area is 142 Å². The molecule has 7 nitrogen and oxygen atoms in total. The number of tetrazole rings is 1. The van der Waals surface area contributed by atoms with Crippen LogP contribution in [0.2, 0.25) is 0 Å². The minimum Gasteiger partial charge on any atom is -0.480 e. The van der Waals surface area contributed by atoms with Crippen LogP contribution < -0.4 is 0 Å². The molecule has 0 saturated carbocycles. The Kier molecular flexibility index (Phi) is 7.43. The van der Waals surface area contributed by atoms with Gasteiger partial charge in [0.15, 0.2) is 5.82 Å². The first-order chi connectivity index (χ1) is 10.1. The predicted octanol–water partition coefficient (Wildman–Crippen LogP) is 2.14. The summed E-state index contributed by atoms with van der Waals surface area (Å²) in [5.74, 6) is -0.250. The van der Waals surface area contributed by atoms with Crippen molar-refractivity contribution in [2.45, 2.75) is 19.9 Å². The van der Waals surface area contributed by atoms with E-state index in [0.717, 1.165) is 16.6 Å². The van der Waals surface area contributed by atoms with Crippen LogP contribution in [0.5, 0.6) is 0 Å². The number of hydrogen-bond donors (Lipinski definition) is 1. The molecule has 2 rings (SSSR count). The van der Waals surface area contributed by atoms with Gasteiger partial charge in [0.2, 0.25) is 0 Å². The number of carboxylic acids is 1. The van der Waals surface area contributed by atoms with Crippen LogP contribution in [0.1, 0.15) is 19.2 Å². The van der Waals surface area contributed by atoms with Gasteiger partial charge in [-0.05, 0) is 51.5 Å². The SMILES string of the molecule is CCCN(CC(=O)O)Cc1nnnn1-c1ccccc1Br.Cl. The van der Waals surface area contributed by atoms with E-state index in [1.807, 2.05) is 31.2 Å². The third kappa shape index (κ3) is 4.75. The van der Waals surface area contributed by atoms with Crippen molar-refractivity contribution in [1.29, 1.82) is 0 Å². The van der Waals surface area contributed by atoms with E-state index in [1.165, 1.54) is 0 Å². The number of carboxylic acid groups (broad SMARTS) is 1. The molecule has 1 aromatic heterocycles. The Morgan fingerprint density at radius 2 is 2.14 bits per heavy atom. The van der Waals surface area contributed by atoms with Gasteiger partial charge in [0.05, 0.1) is 18.8 Å². The van der Waals surface area contributed by atoms with Crippen molar-refractivity contribution in [1.82, 2.24) is 25.1 Å². The van der Waals surface area contributed by atoms with Gasteiger partial charge in [-0.1, -0.05) is 19.1 Å². The lowest BCUT2D eigenvalue weighted by Gasteiger charge is -2.18. The second-order valence-electron chi connectivity index (χ2n) is 4.56. The molecule has 22 heavy (non-hydrogen) atoms. The van der Waals surface area contributed by atoms with Crippen molar-refractivity contribution >= 4 is 34.3 Å². The zero-order valence-corrected chi connectivity index (χ0v) is 14.4. The lowest BCUT2D eigenvalue weighted by molar-refractivity contribution is -0.138. The molecule has 0 spiro atoms. The zero-order chi connectivity index (χ0) is 15.2. The summed E-state index contributed by atoms with van der Waals surface area (Å²) < 4.78 is 2.49. The van der Waals surface area contributed by atoms with Gasteiger partial charge < -0.3 is 5.11 Å². The number of aromatic nitrogens is 4. The van der Waals surface area contributed by atoms with Crippen LogP contribution in [0.4, 0.5) is 0 Å². The monoisotopic (exact) mass is 389 g/mol. The fraction of sp³-hybridized carbons (Fsp3) is 0.385. The topological polar surface area (TPSA) is 84.1 Å². The van der Waals surface area contributed by atoms with Gasteiger partial charge in [0.1, 0.15) is 0 Å². The van der Waals surface area contributed by atoms with E-state index >= 15 is 0 Å². The molecule has 0 bridgehead atoms. The minimum atomic E-state index is -0.858. The number of rotatable bonds is 7. The van der Waals surface area contributed by atoms with Crippen molar-refractivity contribution in [3.05, 3.63) is 34.6 Å². The fourth-order valence-corrected chi connectivity index (χ4v) is 2.49. The van der Waals surface area contributed by atoms with Crippen LogP contribution in [0.3, 0.4) is 0 Å². The molecule has 0 fully saturated rings. The van der Waals surface area contributed by atoms with Gasteiger partial charge in [0.25, 0.3) is 0 Å². The summed E-state index contributed by atoms with van der Waals surface area (Å²) in [6.07, 6.45) is 0.865. The summed E-state index contributed by atoms with van der Waals surface area (Å²) in [4.78, 5) is 12.7. The second-order valence-corrected chi connectivity index (χ2v) is 5.42. The second kappa shape index (κ2) is 8.82. The largest absolute Gasteiger partial charge is 0.480 e. The van der Waals surface area contributed by atoms with Crippen LogP contribution in [0, 0.1) is 0 Å². The molecule has 1 aromatic carbocycles. The number of nitrogens with zero attached hydrogens (tertiary/aromatic N) is 5. The average molecular weight is 391 g/mol. The van der Waals surface area contributed by atoms with E-state index in [2.05, 4.69) is 31.5 Å². The van der Waals surface area contributed by atoms with E-state index in [9.17, 15) is 4.79 Å². The lowest BCUT2D eigenvalue weighted by atomic mass is 10.3. The van der Waals surface area contributed by atoms with Crippen molar-refractivity contribution in [2.24, 2.45) is 0 Å². The fourth-order valence-electron chi connectivity index (χ4n) is 2.04. The van der Waals surface area contributed by atoms with E-state index in [-0.39, 0.29) is 19.0 Å². The van der Waals surface area contributed by atoms with Gasteiger partial charge in [-0.15, -0.1) is 17.5 Å². The molecule has 9 heteroatoms. The third-order valence-corrected chi connectivity index (χ3v) is 3.55. The molecular formula is C13H17BrClN5O2. The van der Waals surface area contributed by atoms with Gasteiger partial charge in [-0.25, -0.2) is 0 Å². The molecule has 0 atom stereocenters. The highest BCUT2D eigenvalue weighted by atomic mass is 79.9. The summed E-state index contributed by atoms with van der Waals surface area (Å²) in [7, 11) is 0. The normalized spacial score (nSPS) is 10.5. The summed E-state index contributed by atoms with van der Waals surface area (Å²) in [6.45, 7) is 3.03. The van der Waals surface area contributed by atoms with Crippen LogP contribution >= 0.6 is 28.3 Å².